The number of amides is 1. The summed E-state index contributed by atoms with van der Waals surface area (Å²) in [4.78, 5) is 28.9. The van der Waals surface area contributed by atoms with Crippen LogP contribution in [0.3, 0.4) is 0 Å². The van der Waals surface area contributed by atoms with Crippen LogP contribution in [0.15, 0.2) is 35.1 Å². The number of rotatable bonds is 7. The quantitative estimate of drug-likeness (QED) is 0.457. The Hall–Kier alpha value is -3.71. The summed E-state index contributed by atoms with van der Waals surface area (Å²) in [5.74, 6) is -0.316. The van der Waals surface area contributed by atoms with Gasteiger partial charge in [0.25, 0.3) is 5.89 Å². The van der Waals surface area contributed by atoms with Crippen LogP contribution in [-0.4, -0.2) is 75.5 Å². The van der Waals surface area contributed by atoms with Crippen molar-refractivity contribution in [1.82, 2.24) is 25.0 Å². The van der Waals surface area contributed by atoms with Gasteiger partial charge in [-0.1, -0.05) is 5.16 Å². The minimum atomic E-state index is -0.504. The maximum Gasteiger partial charge on any atom is 0.410 e. The Balaban J connectivity index is 1.16. The number of hydrogen-bond donors (Lipinski definition) is 1. The molecule has 0 aliphatic carbocycles. The summed E-state index contributed by atoms with van der Waals surface area (Å²) in [5, 5.41) is 4.06. The molecule has 13 heteroatoms. The molecule has 1 aromatic carbocycles. The first kappa shape index (κ1) is 27.8. The average molecular weight is 558 g/mol. The first-order chi connectivity index (χ1) is 19.2. The summed E-state index contributed by atoms with van der Waals surface area (Å²) in [6, 6.07) is 3.00. The average Bonchev–Trinajstić information content (AvgIpc) is 3.58. The third-order valence-electron chi connectivity index (χ3n) is 7.13. The lowest BCUT2D eigenvalue weighted by molar-refractivity contribution is -0.0402. The molecule has 5 rings (SSSR count). The van der Waals surface area contributed by atoms with Crippen molar-refractivity contribution in [3.8, 4) is 11.5 Å². The molecule has 214 valence electrons. The zero-order valence-electron chi connectivity index (χ0n) is 22.7. The van der Waals surface area contributed by atoms with Crippen LogP contribution in [0.4, 0.5) is 19.5 Å². The maximum atomic E-state index is 14.3. The predicted octanol–water partition coefficient (Wildman–Crippen LogP) is 3.82. The van der Waals surface area contributed by atoms with Crippen LogP contribution in [0.25, 0.3) is 11.5 Å². The number of anilines is 1. The number of nitrogens with two attached hydrogens (primary N) is 1. The van der Waals surface area contributed by atoms with Crippen LogP contribution < -0.4 is 10.6 Å². The van der Waals surface area contributed by atoms with Gasteiger partial charge in [0.1, 0.15) is 17.7 Å². The molecule has 2 saturated heterocycles. The van der Waals surface area contributed by atoms with Crippen LogP contribution >= 0.6 is 0 Å². The van der Waals surface area contributed by atoms with Crippen molar-refractivity contribution in [2.45, 2.75) is 63.9 Å². The number of nitrogens with zero attached hydrogens (tertiary/aromatic N) is 6. The van der Waals surface area contributed by atoms with Gasteiger partial charge in [-0.15, -0.1) is 0 Å². The van der Waals surface area contributed by atoms with Crippen molar-refractivity contribution in [2.24, 2.45) is 5.73 Å². The van der Waals surface area contributed by atoms with E-state index in [1.165, 1.54) is 6.07 Å². The second-order valence-electron chi connectivity index (χ2n) is 10.5. The van der Waals surface area contributed by atoms with Gasteiger partial charge >= 0.3 is 6.09 Å². The number of aromatic nitrogens is 4. The Morgan fingerprint density at radius 2 is 1.85 bits per heavy atom. The molecule has 40 heavy (non-hydrogen) atoms. The molecule has 1 amide bonds. The van der Waals surface area contributed by atoms with Crippen LogP contribution in [0.5, 0.6) is 0 Å². The van der Waals surface area contributed by atoms with Gasteiger partial charge in [0.15, 0.2) is 0 Å². The maximum absolute atomic E-state index is 14.3. The number of halogens is 2. The number of carbonyl (C=O) groups is 1. The number of benzene rings is 1. The van der Waals surface area contributed by atoms with Crippen molar-refractivity contribution in [2.75, 3.05) is 31.1 Å². The molecule has 2 aliphatic heterocycles. The van der Waals surface area contributed by atoms with Gasteiger partial charge in [-0.3, -0.25) is 0 Å². The van der Waals surface area contributed by atoms with E-state index in [1.54, 1.807) is 17.3 Å². The van der Waals surface area contributed by atoms with Crippen molar-refractivity contribution < 1.29 is 27.6 Å². The van der Waals surface area contributed by atoms with Crippen LogP contribution in [0.1, 0.15) is 57.0 Å². The zero-order chi connectivity index (χ0) is 28.4. The molecule has 3 aromatic rings. The molecular weight excluding hydrogens is 524 g/mol. The van der Waals surface area contributed by atoms with E-state index >= 15 is 0 Å². The van der Waals surface area contributed by atoms with E-state index in [0.29, 0.717) is 56.4 Å². The van der Waals surface area contributed by atoms with Gasteiger partial charge < -0.3 is 29.5 Å². The molecular formula is C27H33F2N7O4. The van der Waals surface area contributed by atoms with Gasteiger partial charge in [0.2, 0.25) is 11.8 Å². The van der Waals surface area contributed by atoms with Gasteiger partial charge in [0, 0.05) is 50.5 Å². The molecule has 0 saturated carbocycles. The highest BCUT2D eigenvalue weighted by molar-refractivity contribution is 5.67. The van der Waals surface area contributed by atoms with E-state index in [0.717, 1.165) is 12.1 Å². The van der Waals surface area contributed by atoms with E-state index in [-0.39, 0.29) is 35.7 Å². The molecule has 4 heterocycles. The third-order valence-corrected chi connectivity index (χ3v) is 7.13. The third kappa shape index (κ3) is 6.20. The monoisotopic (exact) mass is 557 g/mol. The van der Waals surface area contributed by atoms with E-state index < -0.39 is 23.8 Å². The molecule has 11 nitrogen and oxygen atoms in total. The number of piperidine rings is 1. The Morgan fingerprint density at radius 1 is 1.12 bits per heavy atom. The van der Waals surface area contributed by atoms with Gasteiger partial charge in [-0.05, 0) is 57.4 Å². The Morgan fingerprint density at radius 3 is 2.55 bits per heavy atom. The predicted molar refractivity (Wildman–Crippen MR) is 140 cm³/mol. The molecule has 0 unspecified atom stereocenters. The van der Waals surface area contributed by atoms with Gasteiger partial charge in [-0.25, -0.2) is 23.5 Å². The normalized spacial score (nSPS) is 20.8. The Kier molecular flexibility index (Phi) is 8.22. The smallest absolute Gasteiger partial charge is 0.410 e. The molecule has 0 spiro atoms. The summed E-state index contributed by atoms with van der Waals surface area (Å²) >= 11 is 0. The van der Waals surface area contributed by atoms with Crippen LogP contribution in [0.2, 0.25) is 0 Å². The summed E-state index contributed by atoms with van der Waals surface area (Å²) in [6.45, 7) is 7.38. The van der Waals surface area contributed by atoms with Crippen molar-refractivity contribution >= 4 is 12.0 Å². The first-order valence-electron chi connectivity index (χ1n) is 13.4. The van der Waals surface area contributed by atoms with Crippen LogP contribution in [-0.2, 0) is 9.47 Å². The lowest BCUT2D eigenvalue weighted by Gasteiger charge is -2.32. The standard InChI is InChI=1S/C27H33F2N7O4/c1-15(2)38-27(37)35-8-6-19(7-9-35)39-16(3)24-33-25(40-34-24)17-11-31-26(32-12-17)36-13-21(23(30)14-36)20-10-18(28)4-5-22(20)29/h4-5,10-12,15-16,19,21,23H,6-9,13-14,30H2,1-3H3/t16-,21+,23+/m1/s1. The van der Waals surface area contributed by atoms with Crippen LogP contribution in [0, 0.1) is 11.6 Å². The molecule has 3 atom stereocenters. The van der Waals surface area contributed by atoms with E-state index in [4.69, 9.17) is 19.7 Å². The summed E-state index contributed by atoms with van der Waals surface area (Å²) in [6.07, 6.45) is 3.60. The number of ether oxygens (including phenoxy) is 2. The lowest BCUT2D eigenvalue weighted by Crippen LogP contribution is -2.42. The lowest BCUT2D eigenvalue weighted by atomic mass is 9.94. The fourth-order valence-corrected chi connectivity index (χ4v) is 5.03. The molecule has 2 fully saturated rings. The SMILES string of the molecule is CC(C)OC(=O)N1CCC(O[C@H](C)c2noc(-c3cnc(N4C[C@H](N)[C@H](c5cc(F)ccc5F)C4)nc3)n2)CC1. The zero-order valence-corrected chi connectivity index (χ0v) is 22.7. The summed E-state index contributed by atoms with van der Waals surface area (Å²) in [7, 11) is 0. The van der Waals surface area contributed by atoms with Crippen molar-refractivity contribution in [3.63, 3.8) is 0 Å². The summed E-state index contributed by atoms with van der Waals surface area (Å²) < 4.78 is 44.8. The minimum absolute atomic E-state index is 0.0424. The highest BCUT2D eigenvalue weighted by atomic mass is 19.1. The minimum Gasteiger partial charge on any atom is -0.447 e. The summed E-state index contributed by atoms with van der Waals surface area (Å²) in [5.41, 5.74) is 7.04. The van der Waals surface area contributed by atoms with Crippen molar-refractivity contribution in [3.05, 3.63) is 53.6 Å². The fraction of sp³-hybridized carbons (Fsp3) is 0.519. The van der Waals surface area contributed by atoms with Crippen molar-refractivity contribution in [1.29, 1.82) is 0 Å². The van der Waals surface area contributed by atoms with E-state index in [2.05, 4.69) is 20.1 Å². The molecule has 0 radical (unpaired) electrons. The van der Waals surface area contributed by atoms with Gasteiger partial charge in [0.05, 0.1) is 17.8 Å². The number of hydrogen-bond acceptors (Lipinski definition) is 10. The molecule has 2 aromatic heterocycles. The number of carbonyl (C=O) groups excluding carboxylic acids is 1. The number of likely N-dealkylation sites (tertiary alicyclic amines) is 1. The first-order valence-corrected chi connectivity index (χ1v) is 13.4. The second kappa shape index (κ2) is 11.8. The largest absolute Gasteiger partial charge is 0.447 e. The van der Waals surface area contributed by atoms with E-state index in [1.807, 2.05) is 25.7 Å². The fourth-order valence-electron chi connectivity index (χ4n) is 5.03. The highest BCUT2D eigenvalue weighted by Gasteiger charge is 2.34. The Bertz CT molecular complexity index is 1310. The Labute approximate surface area is 230 Å². The molecule has 2 N–H and O–H groups in total. The molecule has 0 bridgehead atoms. The van der Waals surface area contributed by atoms with Gasteiger partial charge in [-0.2, -0.15) is 4.98 Å². The molecule has 2 aliphatic rings. The van der Waals surface area contributed by atoms with E-state index in [9.17, 15) is 13.6 Å². The second-order valence-corrected chi connectivity index (χ2v) is 10.5. The topological polar surface area (TPSA) is 133 Å². The highest BCUT2D eigenvalue weighted by Crippen LogP contribution is 2.31.